The molecule has 0 amide bonds. The Morgan fingerprint density at radius 2 is 1.58 bits per heavy atom. The van der Waals surface area contributed by atoms with Crippen molar-refractivity contribution in [1.29, 1.82) is 0 Å². The molecule has 0 saturated heterocycles. The fourth-order valence-corrected chi connectivity index (χ4v) is 4.09. The van der Waals surface area contributed by atoms with Gasteiger partial charge in [-0.1, -0.05) is 73.2 Å². The van der Waals surface area contributed by atoms with E-state index in [1.807, 2.05) is 12.1 Å². The lowest BCUT2D eigenvalue weighted by atomic mass is 9.87. The number of hydrogen-bond acceptors (Lipinski definition) is 2. The first-order chi connectivity index (χ1) is 12.6. The molecule has 2 aromatic rings. The number of benzene rings is 2. The number of rotatable bonds is 3. The Hall–Kier alpha value is -2.32. The number of halogens is 1. The van der Waals surface area contributed by atoms with Crippen molar-refractivity contribution in [2.45, 2.75) is 26.1 Å². The van der Waals surface area contributed by atoms with E-state index in [4.69, 9.17) is 16.6 Å². The molecule has 26 heavy (non-hydrogen) atoms. The first kappa shape index (κ1) is 17.1. The van der Waals surface area contributed by atoms with Crippen LogP contribution in [0.3, 0.4) is 0 Å². The third-order valence-electron chi connectivity index (χ3n) is 5.37. The average molecular weight is 363 g/mol. The second kappa shape index (κ2) is 7.13. The Morgan fingerprint density at radius 1 is 0.885 bits per heavy atom. The molecule has 1 heterocycles. The molecule has 132 valence electrons. The first-order valence-corrected chi connectivity index (χ1v) is 9.55. The Labute approximate surface area is 160 Å². The molecule has 0 aromatic heterocycles. The van der Waals surface area contributed by atoms with Crippen molar-refractivity contribution in [3.05, 3.63) is 89.5 Å². The molecule has 4 rings (SSSR count). The second-order valence-corrected chi connectivity index (χ2v) is 7.50. The quantitative estimate of drug-likeness (QED) is 0.679. The van der Waals surface area contributed by atoms with Crippen molar-refractivity contribution in [3.63, 3.8) is 0 Å². The van der Waals surface area contributed by atoms with Crippen molar-refractivity contribution in [2.24, 2.45) is 16.8 Å². The summed E-state index contributed by atoms with van der Waals surface area (Å²) in [5.74, 6) is 0.796. The number of allylic oxidation sites excluding steroid dienone is 3. The minimum Gasteiger partial charge on any atom is -0.341 e. The molecular weight excluding hydrogens is 340 g/mol. The van der Waals surface area contributed by atoms with Crippen LogP contribution in [0.4, 0.5) is 5.69 Å². The van der Waals surface area contributed by atoms with Gasteiger partial charge in [0.1, 0.15) is 6.17 Å². The van der Waals surface area contributed by atoms with E-state index in [0.717, 1.165) is 16.4 Å². The molecule has 2 aliphatic rings. The smallest absolute Gasteiger partial charge is 0.128 e. The van der Waals surface area contributed by atoms with E-state index >= 15 is 0 Å². The third-order valence-corrected chi connectivity index (χ3v) is 5.63. The van der Waals surface area contributed by atoms with Crippen LogP contribution in [0.1, 0.15) is 19.4 Å². The monoisotopic (exact) mass is 362 g/mol. The van der Waals surface area contributed by atoms with Crippen LogP contribution in [0.5, 0.6) is 0 Å². The summed E-state index contributed by atoms with van der Waals surface area (Å²) in [5.41, 5.74) is 3.52. The Kier molecular flexibility index (Phi) is 4.69. The van der Waals surface area contributed by atoms with E-state index < -0.39 is 0 Å². The van der Waals surface area contributed by atoms with E-state index in [9.17, 15) is 0 Å². The topological polar surface area (TPSA) is 15.6 Å². The summed E-state index contributed by atoms with van der Waals surface area (Å²) in [6.45, 7) is 4.51. The maximum absolute atomic E-state index is 6.12. The van der Waals surface area contributed by atoms with E-state index in [2.05, 4.69) is 85.5 Å². The van der Waals surface area contributed by atoms with Crippen LogP contribution in [0.25, 0.3) is 0 Å². The van der Waals surface area contributed by atoms with Crippen LogP contribution in [-0.4, -0.2) is 17.9 Å². The van der Waals surface area contributed by atoms with Gasteiger partial charge in [-0.15, -0.1) is 0 Å². The highest BCUT2D eigenvalue weighted by Crippen LogP contribution is 2.36. The van der Waals surface area contributed by atoms with Crippen molar-refractivity contribution in [1.82, 2.24) is 0 Å². The van der Waals surface area contributed by atoms with Crippen molar-refractivity contribution < 1.29 is 0 Å². The van der Waals surface area contributed by atoms with Crippen LogP contribution in [0, 0.1) is 11.8 Å². The third kappa shape index (κ3) is 3.10. The lowest BCUT2D eigenvalue weighted by Crippen LogP contribution is -2.43. The number of nitrogens with zero attached hydrogens (tertiary/aromatic N) is 2. The molecule has 4 atom stereocenters. The minimum absolute atomic E-state index is 0.0811. The highest BCUT2D eigenvalue weighted by atomic mass is 35.5. The predicted octanol–water partition coefficient (Wildman–Crippen LogP) is 5.74. The van der Waals surface area contributed by atoms with E-state index in [1.165, 1.54) is 5.56 Å². The van der Waals surface area contributed by atoms with Crippen molar-refractivity contribution >= 4 is 23.0 Å². The van der Waals surface area contributed by atoms with Gasteiger partial charge in [0.25, 0.3) is 0 Å². The van der Waals surface area contributed by atoms with Gasteiger partial charge in [0, 0.05) is 16.6 Å². The van der Waals surface area contributed by atoms with E-state index in [-0.39, 0.29) is 12.2 Å². The fourth-order valence-electron chi connectivity index (χ4n) is 3.97. The van der Waals surface area contributed by atoms with Gasteiger partial charge in [-0.05, 0) is 42.7 Å². The molecule has 0 fully saturated rings. The molecule has 0 saturated carbocycles. The number of aliphatic imine (C=N–C) groups is 1. The number of anilines is 1. The molecular formula is C23H23ClN2. The zero-order chi connectivity index (χ0) is 18.1. The summed E-state index contributed by atoms with van der Waals surface area (Å²) >= 11 is 6.12. The Balaban J connectivity index is 1.77. The van der Waals surface area contributed by atoms with Gasteiger partial charge in [0.05, 0.1) is 11.8 Å². The van der Waals surface area contributed by atoms with Gasteiger partial charge < -0.3 is 4.90 Å². The van der Waals surface area contributed by atoms with Crippen molar-refractivity contribution in [2.75, 3.05) is 4.90 Å². The normalized spacial score (nSPS) is 27.7. The molecule has 0 radical (unpaired) electrons. The Bertz CT molecular complexity index is 852. The predicted molar refractivity (Wildman–Crippen MR) is 111 cm³/mol. The van der Waals surface area contributed by atoms with Crippen LogP contribution in [0.2, 0.25) is 5.02 Å². The molecule has 2 nitrogen and oxygen atoms in total. The van der Waals surface area contributed by atoms with E-state index in [1.54, 1.807) is 0 Å². The Morgan fingerprint density at radius 3 is 2.27 bits per heavy atom. The van der Waals surface area contributed by atoms with Gasteiger partial charge in [-0.2, -0.15) is 0 Å². The van der Waals surface area contributed by atoms with E-state index in [0.29, 0.717) is 11.8 Å². The maximum Gasteiger partial charge on any atom is 0.128 e. The standard InChI is InChI=1S/C23H23ClN2/c1-16-8-6-7-11-21(16)23-25-22(18-9-4-3-5-10-18)17(2)26(23)20-14-12-19(24)13-15-20/h3-17,21,23H,1-2H3. The summed E-state index contributed by atoms with van der Waals surface area (Å²) in [6.07, 6.45) is 8.92. The maximum atomic E-state index is 6.12. The summed E-state index contributed by atoms with van der Waals surface area (Å²) in [4.78, 5) is 7.65. The fraction of sp³-hybridized carbons (Fsp3) is 0.261. The van der Waals surface area contributed by atoms with Gasteiger partial charge >= 0.3 is 0 Å². The first-order valence-electron chi connectivity index (χ1n) is 9.17. The number of hydrogen-bond donors (Lipinski definition) is 0. The lowest BCUT2D eigenvalue weighted by Gasteiger charge is -2.36. The van der Waals surface area contributed by atoms with Crippen molar-refractivity contribution in [3.8, 4) is 0 Å². The summed E-state index contributed by atoms with van der Waals surface area (Å²) in [5, 5.41) is 0.759. The molecule has 0 N–H and O–H groups in total. The summed E-state index contributed by atoms with van der Waals surface area (Å²) in [7, 11) is 0. The van der Waals surface area contributed by atoms with Gasteiger partial charge in [0.15, 0.2) is 0 Å². The average Bonchev–Trinajstić information content (AvgIpc) is 3.01. The van der Waals surface area contributed by atoms with Crippen LogP contribution in [0.15, 0.2) is 83.9 Å². The van der Waals surface area contributed by atoms with Gasteiger partial charge in [-0.3, -0.25) is 4.99 Å². The van der Waals surface area contributed by atoms with Crippen LogP contribution < -0.4 is 4.90 Å². The highest BCUT2D eigenvalue weighted by molar-refractivity contribution is 6.30. The highest BCUT2D eigenvalue weighted by Gasteiger charge is 2.39. The van der Waals surface area contributed by atoms with Crippen LogP contribution in [-0.2, 0) is 0 Å². The molecule has 4 unspecified atom stereocenters. The molecule has 3 heteroatoms. The molecule has 0 spiro atoms. The molecule has 2 aromatic carbocycles. The summed E-state index contributed by atoms with van der Waals surface area (Å²) < 4.78 is 0. The zero-order valence-electron chi connectivity index (χ0n) is 15.1. The largest absolute Gasteiger partial charge is 0.341 e. The molecule has 1 aliphatic carbocycles. The lowest BCUT2D eigenvalue weighted by molar-refractivity contribution is 0.409. The molecule has 0 bridgehead atoms. The van der Waals surface area contributed by atoms with Gasteiger partial charge in [0.2, 0.25) is 0 Å². The SMILES string of the molecule is CC1C=CC=CC1C1N=C(c2ccccc2)C(C)N1c1ccc(Cl)cc1. The van der Waals surface area contributed by atoms with Crippen LogP contribution >= 0.6 is 11.6 Å². The minimum atomic E-state index is 0.0811. The zero-order valence-corrected chi connectivity index (χ0v) is 15.8. The van der Waals surface area contributed by atoms with Gasteiger partial charge in [-0.25, -0.2) is 0 Å². The molecule has 1 aliphatic heterocycles. The second-order valence-electron chi connectivity index (χ2n) is 7.06. The summed E-state index contributed by atoms with van der Waals surface area (Å²) in [6, 6.07) is 18.8.